The van der Waals surface area contributed by atoms with Crippen molar-refractivity contribution in [1.29, 1.82) is 0 Å². The number of rotatable bonds is 4. The Labute approximate surface area is 117 Å². The fourth-order valence-electron chi connectivity index (χ4n) is 1.51. The van der Waals surface area contributed by atoms with Crippen LogP contribution < -0.4 is 10.1 Å². The van der Waals surface area contributed by atoms with Gasteiger partial charge in [0.1, 0.15) is 11.6 Å². The van der Waals surface area contributed by atoms with Crippen molar-refractivity contribution < 1.29 is 13.5 Å². The lowest BCUT2D eigenvalue weighted by molar-refractivity contribution is -0.0493. The maximum atomic E-state index is 12.3. The van der Waals surface area contributed by atoms with Gasteiger partial charge in [-0.25, -0.2) is 4.98 Å². The molecule has 1 aromatic carbocycles. The van der Waals surface area contributed by atoms with Gasteiger partial charge >= 0.3 is 6.61 Å². The fourth-order valence-corrected chi connectivity index (χ4v) is 1.73. The van der Waals surface area contributed by atoms with E-state index in [2.05, 4.69) is 31.0 Å². The van der Waals surface area contributed by atoms with E-state index < -0.39 is 6.61 Å². The van der Waals surface area contributed by atoms with Gasteiger partial charge in [-0.1, -0.05) is 12.1 Å². The molecule has 19 heavy (non-hydrogen) atoms. The number of para-hydroxylation sites is 2. The monoisotopic (exact) mass is 328 g/mol. The molecule has 0 aliphatic carbocycles. The number of pyridine rings is 1. The van der Waals surface area contributed by atoms with Crippen molar-refractivity contribution in [2.75, 3.05) is 5.32 Å². The summed E-state index contributed by atoms with van der Waals surface area (Å²) >= 11 is 3.35. The van der Waals surface area contributed by atoms with Crippen LogP contribution in [-0.4, -0.2) is 11.6 Å². The number of nitrogens with zero attached hydrogens (tertiary/aromatic N) is 1. The van der Waals surface area contributed by atoms with Crippen LogP contribution >= 0.6 is 15.9 Å². The Kier molecular flexibility index (Phi) is 4.31. The Bertz CT molecular complexity index is 578. The summed E-state index contributed by atoms with van der Waals surface area (Å²) in [6.07, 6.45) is 1.65. The van der Waals surface area contributed by atoms with Crippen LogP contribution in [0.25, 0.3) is 0 Å². The number of hydrogen-bond donors (Lipinski definition) is 1. The van der Waals surface area contributed by atoms with Crippen molar-refractivity contribution in [3.8, 4) is 5.75 Å². The van der Waals surface area contributed by atoms with Gasteiger partial charge in [-0.2, -0.15) is 8.78 Å². The van der Waals surface area contributed by atoms with Crippen LogP contribution in [-0.2, 0) is 0 Å². The first-order valence-electron chi connectivity index (χ1n) is 5.49. The SMILES string of the molecule is Cc1cc(Nc2ccccc2OC(F)F)ncc1Br. The van der Waals surface area contributed by atoms with Crippen LogP contribution in [0.5, 0.6) is 5.75 Å². The van der Waals surface area contributed by atoms with Gasteiger partial charge in [-0.05, 0) is 46.6 Å². The van der Waals surface area contributed by atoms with Gasteiger partial charge in [0.05, 0.1) is 5.69 Å². The van der Waals surface area contributed by atoms with Gasteiger partial charge in [0.15, 0.2) is 0 Å². The largest absolute Gasteiger partial charge is 0.433 e. The molecule has 2 aromatic rings. The molecule has 6 heteroatoms. The minimum atomic E-state index is -2.86. The molecule has 0 fully saturated rings. The molecule has 1 aromatic heterocycles. The van der Waals surface area contributed by atoms with Crippen molar-refractivity contribution >= 4 is 27.4 Å². The molecule has 0 bridgehead atoms. The van der Waals surface area contributed by atoms with E-state index in [-0.39, 0.29) is 5.75 Å². The first-order valence-corrected chi connectivity index (χ1v) is 6.28. The Morgan fingerprint density at radius 1 is 1.32 bits per heavy atom. The molecule has 0 spiro atoms. The second-order valence-corrected chi connectivity index (χ2v) is 4.67. The van der Waals surface area contributed by atoms with Crippen LogP contribution in [0.3, 0.4) is 0 Å². The van der Waals surface area contributed by atoms with Crippen LogP contribution in [0, 0.1) is 6.92 Å². The number of anilines is 2. The molecule has 0 amide bonds. The van der Waals surface area contributed by atoms with Crippen molar-refractivity contribution in [2.24, 2.45) is 0 Å². The molecule has 3 nitrogen and oxygen atoms in total. The summed E-state index contributed by atoms with van der Waals surface area (Å²) < 4.78 is 29.9. The van der Waals surface area contributed by atoms with Crippen molar-refractivity contribution in [1.82, 2.24) is 4.98 Å². The Morgan fingerprint density at radius 2 is 2.05 bits per heavy atom. The summed E-state index contributed by atoms with van der Waals surface area (Å²) in [7, 11) is 0. The number of nitrogens with one attached hydrogen (secondary N) is 1. The predicted octanol–water partition coefficient (Wildman–Crippen LogP) is 4.50. The molecule has 0 aliphatic rings. The minimum absolute atomic E-state index is 0.0832. The molecule has 1 heterocycles. The normalized spacial score (nSPS) is 10.6. The highest BCUT2D eigenvalue weighted by atomic mass is 79.9. The van der Waals surface area contributed by atoms with E-state index in [4.69, 9.17) is 0 Å². The number of alkyl halides is 2. The van der Waals surface area contributed by atoms with E-state index in [0.29, 0.717) is 11.5 Å². The van der Waals surface area contributed by atoms with Gasteiger partial charge in [0, 0.05) is 10.7 Å². The zero-order valence-corrected chi connectivity index (χ0v) is 11.6. The lowest BCUT2D eigenvalue weighted by atomic mass is 10.2. The average molecular weight is 329 g/mol. The summed E-state index contributed by atoms with van der Waals surface area (Å²) in [6, 6.07) is 8.29. The number of aromatic nitrogens is 1. The van der Waals surface area contributed by atoms with Crippen LogP contribution in [0.2, 0.25) is 0 Å². The first-order chi connectivity index (χ1) is 9.06. The van der Waals surface area contributed by atoms with Gasteiger partial charge in [-0.15, -0.1) is 0 Å². The second-order valence-electron chi connectivity index (χ2n) is 3.82. The van der Waals surface area contributed by atoms with Gasteiger partial charge in [-0.3, -0.25) is 0 Å². The Balaban J connectivity index is 2.25. The molecule has 1 N–H and O–H groups in total. The molecule has 2 rings (SSSR count). The summed E-state index contributed by atoms with van der Waals surface area (Å²) in [5, 5.41) is 2.96. The van der Waals surface area contributed by atoms with Crippen LogP contribution in [0.15, 0.2) is 41.0 Å². The quantitative estimate of drug-likeness (QED) is 0.897. The zero-order chi connectivity index (χ0) is 13.8. The standard InChI is InChI=1S/C13H11BrF2N2O/c1-8-6-12(17-7-9(8)14)18-10-4-2-3-5-11(10)19-13(15)16/h2-7,13H,1H3,(H,17,18). The smallest absolute Gasteiger partial charge is 0.387 e. The number of ether oxygens (including phenoxy) is 1. The highest BCUT2D eigenvalue weighted by Crippen LogP contribution is 2.28. The van der Waals surface area contributed by atoms with Crippen LogP contribution in [0.4, 0.5) is 20.3 Å². The summed E-state index contributed by atoms with van der Waals surface area (Å²) in [6.45, 7) is -0.944. The first kappa shape index (κ1) is 13.7. The van der Waals surface area contributed by atoms with Gasteiger partial charge in [0.25, 0.3) is 0 Å². The fraction of sp³-hybridized carbons (Fsp3) is 0.154. The minimum Gasteiger partial charge on any atom is -0.433 e. The molecule has 0 saturated carbocycles. The summed E-state index contributed by atoms with van der Waals surface area (Å²) in [4.78, 5) is 4.15. The molecule has 0 unspecified atom stereocenters. The number of halogens is 3. The molecule has 0 radical (unpaired) electrons. The molecule has 0 atom stereocenters. The maximum absolute atomic E-state index is 12.3. The number of hydrogen-bond acceptors (Lipinski definition) is 3. The van der Waals surface area contributed by atoms with E-state index >= 15 is 0 Å². The van der Waals surface area contributed by atoms with E-state index in [9.17, 15) is 8.78 Å². The third-order valence-electron chi connectivity index (χ3n) is 2.41. The highest BCUT2D eigenvalue weighted by Gasteiger charge is 2.09. The Hall–Kier alpha value is -1.69. The molecule has 0 saturated heterocycles. The summed E-state index contributed by atoms with van der Waals surface area (Å²) in [5.41, 5.74) is 1.43. The van der Waals surface area contributed by atoms with E-state index in [0.717, 1.165) is 10.0 Å². The molecular formula is C13H11BrF2N2O. The number of aryl methyl sites for hydroxylation is 1. The van der Waals surface area contributed by atoms with Crippen molar-refractivity contribution in [3.05, 3.63) is 46.6 Å². The molecule has 0 aliphatic heterocycles. The third-order valence-corrected chi connectivity index (χ3v) is 3.24. The predicted molar refractivity (Wildman–Crippen MR) is 73.0 cm³/mol. The van der Waals surface area contributed by atoms with Crippen molar-refractivity contribution in [3.63, 3.8) is 0 Å². The molecular weight excluding hydrogens is 318 g/mol. The zero-order valence-electron chi connectivity index (χ0n) is 10.0. The second kappa shape index (κ2) is 5.97. The topological polar surface area (TPSA) is 34.1 Å². The lowest BCUT2D eigenvalue weighted by Gasteiger charge is -2.12. The Morgan fingerprint density at radius 3 is 2.74 bits per heavy atom. The van der Waals surface area contributed by atoms with E-state index in [1.54, 1.807) is 24.4 Å². The third kappa shape index (κ3) is 3.64. The van der Waals surface area contributed by atoms with Crippen LogP contribution in [0.1, 0.15) is 5.56 Å². The van der Waals surface area contributed by atoms with E-state index in [1.807, 2.05) is 13.0 Å². The van der Waals surface area contributed by atoms with Gasteiger partial charge < -0.3 is 10.1 Å². The highest BCUT2D eigenvalue weighted by molar-refractivity contribution is 9.10. The van der Waals surface area contributed by atoms with E-state index in [1.165, 1.54) is 6.07 Å². The summed E-state index contributed by atoms with van der Waals surface area (Å²) in [5.74, 6) is 0.644. The van der Waals surface area contributed by atoms with Gasteiger partial charge in [0.2, 0.25) is 0 Å². The molecule has 100 valence electrons. The van der Waals surface area contributed by atoms with Crippen molar-refractivity contribution in [2.45, 2.75) is 13.5 Å². The maximum Gasteiger partial charge on any atom is 0.387 e. The number of benzene rings is 1. The average Bonchev–Trinajstić information content (AvgIpc) is 2.36. The lowest BCUT2D eigenvalue weighted by Crippen LogP contribution is -2.04.